The van der Waals surface area contributed by atoms with Gasteiger partial charge < -0.3 is 9.15 Å². The lowest BCUT2D eigenvalue weighted by atomic mass is 9.68. The van der Waals surface area contributed by atoms with Crippen LogP contribution in [0, 0.1) is 5.41 Å². The lowest BCUT2D eigenvalue weighted by molar-refractivity contribution is -0.140. The minimum Gasteiger partial charge on any atom is -0.472 e. The van der Waals surface area contributed by atoms with Crippen molar-refractivity contribution in [3.8, 4) is 5.69 Å². The highest BCUT2D eigenvalue weighted by molar-refractivity contribution is 9.10. The van der Waals surface area contributed by atoms with Crippen LogP contribution in [0.25, 0.3) is 11.3 Å². The first kappa shape index (κ1) is 16.6. The number of aromatic nitrogens is 2. The van der Waals surface area contributed by atoms with Gasteiger partial charge in [0.25, 0.3) is 0 Å². The Balaban J connectivity index is 1.67. The van der Waals surface area contributed by atoms with Crippen LogP contribution in [-0.4, -0.2) is 15.7 Å². The molecule has 0 unspecified atom stereocenters. The lowest BCUT2D eigenvalue weighted by Gasteiger charge is -2.33. The molecule has 0 saturated carbocycles. The molecule has 0 bridgehead atoms. The minimum absolute atomic E-state index is 0.254. The van der Waals surface area contributed by atoms with Crippen molar-refractivity contribution in [2.24, 2.45) is 5.41 Å². The number of nitrogens with zero attached hydrogens (tertiary/aromatic N) is 2. The van der Waals surface area contributed by atoms with E-state index in [0.29, 0.717) is 6.42 Å². The van der Waals surface area contributed by atoms with Crippen LogP contribution in [0.3, 0.4) is 0 Å². The van der Waals surface area contributed by atoms with Gasteiger partial charge in [0.15, 0.2) is 0 Å². The highest BCUT2D eigenvalue weighted by atomic mass is 79.9. The molecular weight excluding hydrogens is 408 g/mol. The number of carbonyl (C=O) groups is 1. The van der Waals surface area contributed by atoms with Gasteiger partial charge in [-0.15, -0.1) is 0 Å². The topological polar surface area (TPSA) is 57.3 Å². The monoisotopic (exact) mass is 424 g/mol. The van der Waals surface area contributed by atoms with Gasteiger partial charge in [-0.25, -0.2) is 9.48 Å². The zero-order valence-corrected chi connectivity index (χ0v) is 16.5. The van der Waals surface area contributed by atoms with Gasteiger partial charge in [-0.3, -0.25) is 0 Å². The Bertz CT molecular complexity index is 1080. The first-order chi connectivity index (χ1) is 13.0. The van der Waals surface area contributed by atoms with Gasteiger partial charge in [-0.2, -0.15) is 5.10 Å². The van der Waals surface area contributed by atoms with Crippen molar-refractivity contribution in [2.75, 3.05) is 0 Å². The van der Waals surface area contributed by atoms with Gasteiger partial charge in [0.05, 0.1) is 35.7 Å². The number of benzene rings is 1. The molecule has 1 aliphatic heterocycles. The van der Waals surface area contributed by atoms with Gasteiger partial charge >= 0.3 is 5.97 Å². The summed E-state index contributed by atoms with van der Waals surface area (Å²) in [4.78, 5) is 12.8. The maximum absolute atomic E-state index is 12.8. The first-order valence-corrected chi connectivity index (χ1v) is 9.56. The van der Waals surface area contributed by atoms with Crippen LogP contribution < -0.4 is 0 Å². The van der Waals surface area contributed by atoms with Crippen LogP contribution in [0.2, 0.25) is 0 Å². The van der Waals surface area contributed by atoms with Crippen LogP contribution in [0.1, 0.15) is 36.8 Å². The smallest absolute Gasteiger partial charge is 0.335 e. The quantitative estimate of drug-likeness (QED) is 0.551. The van der Waals surface area contributed by atoms with E-state index >= 15 is 0 Å². The maximum Gasteiger partial charge on any atom is 0.335 e. The Morgan fingerprint density at radius 3 is 2.74 bits per heavy atom. The Labute approximate surface area is 164 Å². The molecule has 5 rings (SSSR count). The van der Waals surface area contributed by atoms with Crippen LogP contribution in [0.4, 0.5) is 0 Å². The van der Waals surface area contributed by atoms with Crippen LogP contribution in [0.5, 0.6) is 0 Å². The summed E-state index contributed by atoms with van der Waals surface area (Å²) < 4.78 is 13.9. The molecule has 1 saturated heterocycles. The largest absolute Gasteiger partial charge is 0.472 e. The summed E-state index contributed by atoms with van der Waals surface area (Å²) >= 11 is 3.46. The number of hydrogen-bond acceptors (Lipinski definition) is 4. The molecule has 0 N–H and O–H groups in total. The average molecular weight is 425 g/mol. The van der Waals surface area contributed by atoms with Crippen molar-refractivity contribution in [1.29, 1.82) is 0 Å². The Hall–Kier alpha value is -2.60. The molecule has 136 valence electrons. The van der Waals surface area contributed by atoms with E-state index in [4.69, 9.17) is 9.15 Å². The van der Waals surface area contributed by atoms with E-state index in [1.54, 1.807) is 12.5 Å². The molecule has 1 aliphatic carbocycles. The van der Waals surface area contributed by atoms with E-state index in [9.17, 15) is 4.79 Å². The van der Waals surface area contributed by atoms with Crippen LogP contribution in [-0.2, 0) is 16.0 Å². The lowest BCUT2D eigenvalue weighted by Crippen LogP contribution is -2.29. The molecule has 2 atom stereocenters. The number of ether oxygens (including phenoxy) is 1. The van der Waals surface area contributed by atoms with Gasteiger partial charge in [-0.05, 0) is 54.8 Å². The second-order valence-corrected chi connectivity index (χ2v) is 8.26. The highest BCUT2D eigenvalue weighted by Gasteiger charge is 2.54. The summed E-state index contributed by atoms with van der Waals surface area (Å²) in [6.07, 6.45) is 5.51. The zero-order valence-electron chi connectivity index (χ0n) is 14.9. The first-order valence-electron chi connectivity index (χ1n) is 8.76. The number of allylic oxidation sites excluding steroid dienone is 1. The van der Waals surface area contributed by atoms with Gasteiger partial charge in [0, 0.05) is 15.5 Å². The van der Waals surface area contributed by atoms with Gasteiger partial charge in [0.2, 0.25) is 0 Å². The van der Waals surface area contributed by atoms with Gasteiger partial charge in [0.1, 0.15) is 6.10 Å². The zero-order chi connectivity index (χ0) is 18.8. The Kier molecular flexibility index (Phi) is 3.49. The van der Waals surface area contributed by atoms with Crippen molar-refractivity contribution in [1.82, 2.24) is 9.78 Å². The Morgan fingerprint density at radius 1 is 1.26 bits per heavy atom. The summed E-state index contributed by atoms with van der Waals surface area (Å²) in [5.74, 6) is -0.254. The van der Waals surface area contributed by atoms with E-state index in [1.807, 2.05) is 48.1 Å². The van der Waals surface area contributed by atoms with E-state index < -0.39 is 5.41 Å². The normalized spacial score (nSPS) is 24.0. The second kappa shape index (κ2) is 5.70. The standard InChI is InChI=1S/C21H17BrN2O3/c1-12-17-20(25)27-19(13-7-8-26-11-13)21(17,2)9-14-10-23-24(18(12)14)16-5-3-15(22)4-6-16/h3-8,10-11,19H,9H2,1-2H3/t19-,21+/m0/s1. The fourth-order valence-corrected chi connectivity index (χ4v) is 4.75. The molecule has 3 heterocycles. The third-order valence-corrected chi connectivity index (χ3v) is 6.16. The Morgan fingerprint density at radius 2 is 2.04 bits per heavy atom. The molecule has 1 fully saturated rings. The summed E-state index contributed by atoms with van der Waals surface area (Å²) in [5.41, 5.74) is 5.17. The minimum atomic E-state index is -0.439. The number of rotatable bonds is 2. The molecule has 2 aliphatic rings. The molecule has 1 aromatic carbocycles. The summed E-state index contributed by atoms with van der Waals surface area (Å²) in [7, 11) is 0. The highest BCUT2D eigenvalue weighted by Crippen LogP contribution is 2.56. The number of carbonyl (C=O) groups excluding carboxylic acids is 1. The van der Waals surface area contributed by atoms with E-state index in [2.05, 4.69) is 28.0 Å². The number of hydrogen-bond donors (Lipinski definition) is 0. The third kappa shape index (κ3) is 2.29. The SMILES string of the molecule is CC1=C2C(=O)O[C@@H](c3ccoc3)[C@]2(C)Cc2cnn(-c3ccc(Br)cc3)c21. The van der Waals surface area contributed by atoms with E-state index in [1.165, 1.54) is 0 Å². The molecule has 0 spiro atoms. The average Bonchev–Trinajstić information content (AvgIpc) is 3.34. The summed E-state index contributed by atoms with van der Waals surface area (Å²) in [5, 5.41) is 4.62. The predicted octanol–water partition coefficient (Wildman–Crippen LogP) is 4.86. The molecular formula is C21H17BrN2O3. The fraction of sp³-hybridized carbons (Fsp3) is 0.238. The third-order valence-electron chi connectivity index (χ3n) is 5.63. The van der Waals surface area contributed by atoms with Crippen LogP contribution >= 0.6 is 15.9 Å². The van der Waals surface area contributed by atoms with Crippen molar-refractivity contribution in [2.45, 2.75) is 26.4 Å². The van der Waals surface area contributed by atoms with Crippen LogP contribution in [0.15, 0.2) is 63.5 Å². The molecule has 0 amide bonds. The van der Waals surface area contributed by atoms with Crippen molar-refractivity contribution < 1.29 is 13.9 Å². The number of fused-ring (bicyclic) bond motifs is 2. The van der Waals surface area contributed by atoms with E-state index in [0.717, 1.165) is 38.1 Å². The molecule has 27 heavy (non-hydrogen) atoms. The molecule has 0 radical (unpaired) electrons. The number of esters is 1. The fourth-order valence-electron chi connectivity index (χ4n) is 4.49. The maximum atomic E-state index is 12.8. The van der Waals surface area contributed by atoms with Crippen molar-refractivity contribution in [3.63, 3.8) is 0 Å². The number of halogens is 1. The molecule has 5 nitrogen and oxygen atoms in total. The van der Waals surface area contributed by atoms with Gasteiger partial charge in [-0.1, -0.05) is 22.9 Å². The molecule has 6 heteroatoms. The summed E-state index contributed by atoms with van der Waals surface area (Å²) in [6.45, 7) is 4.08. The van der Waals surface area contributed by atoms with Crippen molar-refractivity contribution >= 4 is 27.5 Å². The molecule has 3 aromatic rings. The number of cyclic esters (lactones) is 1. The van der Waals surface area contributed by atoms with Crippen molar-refractivity contribution in [3.05, 3.63) is 75.9 Å². The summed E-state index contributed by atoms with van der Waals surface area (Å²) in [6, 6.07) is 9.84. The number of furan rings is 1. The molecule has 2 aromatic heterocycles. The van der Waals surface area contributed by atoms with E-state index in [-0.39, 0.29) is 12.1 Å². The second-order valence-electron chi connectivity index (χ2n) is 7.34. The predicted molar refractivity (Wildman–Crippen MR) is 103 cm³/mol.